The third kappa shape index (κ3) is 4.58. The molecule has 1 amide bonds. The number of methoxy groups -OCH3 is 1. The Morgan fingerprint density at radius 2 is 1.85 bits per heavy atom. The highest BCUT2D eigenvalue weighted by molar-refractivity contribution is 9.13. The van der Waals surface area contributed by atoms with Crippen LogP contribution >= 0.6 is 66.3 Å². The highest BCUT2D eigenvalue weighted by atomic mass is 79.9. The first kappa shape index (κ1) is 19.6. The molecular weight excluding hydrogens is 522 g/mol. The van der Waals surface area contributed by atoms with Gasteiger partial charge in [0, 0.05) is 9.37 Å². The zero-order valence-electron chi connectivity index (χ0n) is 13.2. The van der Waals surface area contributed by atoms with Gasteiger partial charge in [-0.2, -0.15) is 0 Å². The highest BCUT2D eigenvalue weighted by Gasteiger charge is 2.21. The van der Waals surface area contributed by atoms with Crippen LogP contribution in [-0.4, -0.2) is 19.0 Å². The maximum absolute atomic E-state index is 12.5. The second-order valence-electron chi connectivity index (χ2n) is 4.90. The number of nitrogens with one attached hydrogen (secondary N) is 1. The van der Waals surface area contributed by atoms with E-state index in [-0.39, 0.29) is 5.91 Å². The van der Waals surface area contributed by atoms with Crippen LogP contribution in [0.25, 0.3) is 0 Å². The lowest BCUT2D eigenvalue weighted by Crippen LogP contribution is -2.12. The molecule has 0 aliphatic heterocycles. The summed E-state index contributed by atoms with van der Waals surface area (Å²) in [4.78, 5) is 26.2. The summed E-state index contributed by atoms with van der Waals surface area (Å²) in [6.07, 6.45) is 0. The molecule has 26 heavy (non-hydrogen) atoms. The van der Waals surface area contributed by atoms with E-state index >= 15 is 0 Å². The maximum atomic E-state index is 12.5. The van der Waals surface area contributed by atoms with Crippen LogP contribution in [-0.2, 0) is 4.74 Å². The van der Waals surface area contributed by atoms with Crippen LogP contribution in [0.4, 0.5) is 5.00 Å². The summed E-state index contributed by atoms with van der Waals surface area (Å²) in [5, 5.41) is 3.30. The van der Waals surface area contributed by atoms with Gasteiger partial charge in [-0.1, -0.05) is 30.0 Å². The molecule has 3 aromatic rings. The number of carbonyl (C=O) groups excluding carboxylic acids is 2. The molecule has 1 aromatic carbocycles. The summed E-state index contributed by atoms with van der Waals surface area (Å²) < 4.78 is 7.38. The normalized spacial score (nSPS) is 10.6. The van der Waals surface area contributed by atoms with Crippen molar-refractivity contribution in [2.24, 2.45) is 0 Å². The second-order valence-corrected chi connectivity index (χ2v) is 10.6. The van der Waals surface area contributed by atoms with Gasteiger partial charge in [-0.3, -0.25) is 4.79 Å². The summed E-state index contributed by atoms with van der Waals surface area (Å²) in [5.74, 6) is -0.755. The largest absolute Gasteiger partial charge is 0.465 e. The molecule has 0 saturated heterocycles. The molecule has 0 bridgehead atoms. The Kier molecular flexibility index (Phi) is 6.57. The fourth-order valence-electron chi connectivity index (χ4n) is 2.00. The fraction of sp³-hybridized carbons (Fsp3) is 0.0588. The molecule has 2 heterocycles. The Labute approximate surface area is 179 Å². The van der Waals surface area contributed by atoms with Crippen molar-refractivity contribution in [1.82, 2.24) is 0 Å². The molecule has 9 heteroatoms. The van der Waals surface area contributed by atoms with Crippen molar-refractivity contribution in [2.45, 2.75) is 9.10 Å². The second kappa shape index (κ2) is 8.71. The summed E-state index contributed by atoms with van der Waals surface area (Å²) in [6.45, 7) is 0. The molecule has 134 valence electrons. The number of esters is 1. The van der Waals surface area contributed by atoms with Gasteiger partial charge in [0.25, 0.3) is 5.91 Å². The monoisotopic (exact) mass is 531 g/mol. The molecule has 0 unspecified atom stereocenters. The van der Waals surface area contributed by atoms with Crippen molar-refractivity contribution in [1.29, 1.82) is 0 Å². The minimum absolute atomic E-state index is 0.273. The molecule has 0 aliphatic rings. The first-order valence-electron chi connectivity index (χ1n) is 7.19. The molecule has 0 fully saturated rings. The number of benzene rings is 1. The maximum Gasteiger partial charge on any atom is 0.340 e. The number of halogens is 2. The molecule has 0 radical (unpaired) electrons. The van der Waals surface area contributed by atoms with Crippen molar-refractivity contribution in [3.8, 4) is 0 Å². The molecule has 3 rings (SSSR count). The topological polar surface area (TPSA) is 55.4 Å². The van der Waals surface area contributed by atoms with Crippen molar-refractivity contribution in [2.75, 3.05) is 12.4 Å². The van der Waals surface area contributed by atoms with E-state index in [4.69, 9.17) is 4.74 Å². The average Bonchev–Trinajstić information content (AvgIpc) is 3.18. The van der Waals surface area contributed by atoms with E-state index in [1.165, 1.54) is 41.5 Å². The van der Waals surface area contributed by atoms with E-state index in [1.54, 1.807) is 12.1 Å². The van der Waals surface area contributed by atoms with Gasteiger partial charge in [-0.25, -0.2) is 4.79 Å². The minimum atomic E-state index is -0.481. The third-order valence-electron chi connectivity index (χ3n) is 3.17. The van der Waals surface area contributed by atoms with Crippen LogP contribution in [0.5, 0.6) is 0 Å². The number of anilines is 1. The van der Waals surface area contributed by atoms with E-state index in [0.717, 1.165) is 17.4 Å². The standard InChI is InChI=1S/C17H11Br2NO3S3/c1-23-17(22)10-7-13(24-9-5-3-2-4-6-9)26-16(10)20-15(21)12-8-11(18)14(19)25-12/h2-8H,1H3,(H,20,21). The van der Waals surface area contributed by atoms with Crippen LogP contribution in [0.3, 0.4) is 0 Å². The van der Waals surface area contributed by atoms with E-state index in [2.05, 4.69) is 37.2 Å². The molecule has 4 nitrogen and oxygen atoms in total. The van der Waals surface area contributed by atoms with Crippen molar-refractivity contribution in [3.05, 3.63) is 61.2 Å². The molecular formula is C17H11Br2NO3S3. The van der Waals surface area contributed by atoms with Crippen LogP contribution in [0.1, 0.15) is 20.0 Å². The molecule has 0 aliphatic carbocycles. The van der Waals surface area contributed by atoms with E-state index in [0.29, 0.717) is 15.4 Å². The van der Waals surface area contributed by atoms with E-state index in [1.807, 2.05) is 30.3 Å². The zero-order chi connectivity index (χ0) is 18.7. The lowest BCUT2D eigenvalue weighted by molar-refractivity contribution is 0.0602. The summed E-state index contributed by atoms with van der Waals surface area (Å²) in [6, 6.07) is 13.3. The lowest BCUT2D eigenvalue weighted by atomic mass is 10.3. The van der Waals surface area contributed by atoms with Crippen LogP contribution in [0.15, 0.2) is 59.8 Å². The fourth-order valence-corrected chi connectivity index (χ4v) is 6.11. The zero-order valence-corrected chi connectivity index (χ0v) is 18.9. The number of amides is 1. The quantitative estimate of drug-likeness (QED) is 0.380. The number of ether oxygens (including phenoxy) is 1. The van der Waals surface area contributed by atoms with Gasteiger partial charge in [0.2, 0.25) is 0 Å². The van der Waals surface area contributed by atoms with Crippen molar-refractivity contribution >= 4 is 83.2 Å². The predicted molar refractivity (Wildman–Crippen MR) is 114 cm³/mol. The van der Waals surface area contributed by atoms with E-state index in [9.17, 15) is 9.59 Å². The first-order valence-corrected chi connectivity index (χ1v) is 11.2. The lowest BCUT2D eigenvalue weighted by Gasteiger charge is -2.03. The SMILES string of the molecule is COC(=O)c1cc(Sc2ccccc2)sc1NC(=O)c1cc(Br)c(Br)s1. The Hall–Kier alpha value is -1.13. The molecule has 0 saturated carbocycles. The van der Waals surface area contributed by atoms with Crippen LogP contribution in [0, 0.1) is 0 Å². The Bertz CT molecular complexity index is 934. The smallest absolute Gasteiger partial charge is 0.340 e. The minimum Gasteiger partial charge on any atom is -0.465 e. The van der Waals surface area contributed by atoms with E-state index < -0.39 is 5.97 Å². The molecule has 1 N–H and O–H groups in total. The summed E-state index contributed by atoms with van der Waals surface area (Å²) in [5.41, 5.74) is 0.346. The molecule has 2 aromatic heterocycles. The van der Waals surface area contributed by atoms with Gasteiger partial charge in [0.15, 0.2) is 0 Å². The van der Waals surface area contributed by atoms with Crippen molar-refractivity contribution < 1.29 is 14.3 Å². The van der Waals surface area contributed by atoms with Gasteiger partial charge in [-0.05, 0) is 56.1 Å². The Morgan fingerprint density at radius 3 is 2.46 bits per heavy atom. The third-order valence-corrected chi connectivity index (χ3v) is 8.60. The van der Waals surface area contributed by atoms with Crippen LogP contribution in [0.2, 0.25) is 0 Å². The van der Waals surface area contributed by atoms with Crippen LogP contribution < -0.4 is 5.32 Å². The number of carbonyl (C=O) groups is 2. The highest BCUT2D eigenvalue weighted by Crippen LogP contribution is 2.39. The van der Waals surface area contributed by atoms with Gasteiger partial charge in [0.05, 0.1) is 25.5 Å². The Morgan fingerprint density at radius 1 is 1.12 bits per heavy atom. The number of thiophene rings is 2. The van der Waals surface area contributed by atoms with Gasteiger partial charge >= 0.3 is 5.97 Å². The Balaban J connectivity index is 1.87. The van der Waals surface area contributed by atoms with Gasteiger partial charge in [-0.15, -0.1) is 22.7 Å². The number of rotatable bonds is 5. The van der Waals surface area contributed by atoms with Gasteiger partial charge in [0.1, 0.15) is 5.00 Å². The van der Waals surface area contributed by atoms with Gasteiger partial charge < -0.3 is 10.1 Å². The summed E-state index contributed by atoms with van der Waals surface area (Å²) >= 11 is 10.9. The molecule has 0 atom stereocenters. The number of hydrogen-bond donors (Lipinski definition) is 1. The van der Waals surface area contributed by atoms with Crippen molar-refractivity contribution in [3.63, 3.8) is 0 Å². The first-order chi connectivity index (χ1) is 12.5. The molecule has 0 spiro atoms. The summed E-state index contributed by atoms with van der Waals surface area (Å²) in [7, 11) is 1.32. The average molecular weight is 533 g/mol. The number of hydrogen-bond acceptors (Lipinski definition) is 6. The predicted octanol–water partition coefficient (Wildman–Crippen LogP) is 6.52.